The molecule has 7 nitrogen and oxygen atoms in total. The van der Waals surface area contributed by atoms with Gasteiger partial charge in [-0.05, 0) is 45.6 Å². The smallest absolute Gasteiger partial charge is 0.407 e. The predicted octanol–water partition coefficient (Wildman–Crippen LogP) is 2.02. The molecular formula is C16H23N3O4. The Hall–Kier alpha value is -2.18. The Morgan fingerprint density at radius 1 is 1.30 bits per heavy atom. The summed E-state index contributed by atoms with van der Waals surface area (Å²) in [4.78, 5) is 32.1. The lowest BCUT2D eigenvalue weighted by Gasteiger charge is -2.29. The highest BCUT2D eigenvalue weighted by molar-refractivity contribution is 5.77. The zero-order valence-corrected chi connectivity index (χ0v) is 13.7. The summed E-state index contributed by atoms with van der Waals surface area (Å²) in [6.07, 6.45) is 4.40. The van der Waals surface area contributed by atoms with Crippen molar-refractivity contribution in [2.45, 2.75) is 45.6 Å². The van der Waals surface area contributed by atoms with Crippen LogP contribution in [0.4, 0.5) is 4.79 Å². The Kier molecular flexibility index (Phi) is 4.87. The number of carboxylic acids is 1. The molecule has 1 aliphatic carbocycles. The first kappa shape index (κ1) is 17.2. The van der Waals surface area contributed by atoms with Crippen LogP contribution < -0.4 is 5.32 Å². The van der Waals surface area contributed by atoms with Gasteiger partial charge >= 0.3 is 12.1 Å². The van der Waals surface area contributed by atoms with E-state index in [0.717, 1.165) is 12.8 Å². The number of rotatable bonds is 6. The van der Waals surface area contributed by atoms with Gasteiger partial charge in [0.1, 0.15) is 11.4 Å². The van der Waals surface area contributed by atoms with Crippen LogP contribution in [0.15, 0.2) is 18.5 Å². The number of ether oxygens (including phenoxy) is 1. The van der Waals surface area contributed by atoms with Crippen LogP contribution in [0.3, 0.4) is 0 Å². The van der Waals surface area contributed by atoms with E-state index >= 15 is 0 Å². The van der Waals surface area contributed by atoms with Gasteiger partial charge in [0.15, 0.2) is 0 Å². The number of carboxylic acid groups (broad SMARTS) is 1. The summed E-state index contributed by atoms with van der Waals surface area (Å²) in [5.74, 6) is -0.463. The summed E-state index contributed by atoms with van der Waals surface area (Å²) in [7, 11) is 0. The van der Waals surface area contributed by atoms with Crippen molar-refractivity contribution in [2.24, 2.45) is 11.3 Å². The molecule has 1 atom stereocenters. The van der Waals surface area contributed by atoms with Gasteiger partial charge < -0.3 is 15.2 Å². The Balaban J connectivity index is 2.11. The van der Waals surface area contributed by atoms with Crippen molar-refractivity contribution in [1.29, 1.82) is 0 Å². The van der Waals surface area contributed by atoms with E-state index in [1.165, 1.54) is 0 Å². The maximum atomic E-state index is 12.0. The number of aliphatic carboxylic acids is 1. The van der Waals surface area contributed by atoms with E-state index in [2.05, 4.69) is 15.3 Å². The van der Waals surface area contributed by atoms with Gasteiger partial charge in [-0.1, -0.05) is 0 Å². The number of hydrogen-bond donors (Lipinski definition) is 2. The van der Waals surface area contributed by atoms with E-state index in [1.54, 1.807) is 39.2 Å². The molecule has 2 rings (SSSR count). The van der Waals surface area contributed by atoms with Crippen LogP contribution in [-0.4, -0.2) is 39.3 Å². The molecule has 0 radical (unpaired) electrons. The van der Waals surface area contributed by atoms with Gasteiger partial charge in [0.25, 0.3) is 0 Å². The lowest BCUT2D eigenvalue weighted by atomic mass is 9.79. The monoisotopic (exact) mass is 321 g/mol. The van der Waals surface area contributed by atoms with Crippen LogP contribution in [0, 0.1) is 11.3 Å². The first-order valence-electron chi connectivity index (χ1n) is 7.69. The molecule has 1 unspecified atom stereocenters. The first-order chi connectivity index (χ1) is 10.7. The number of nitrogens with one attached hydrogen (secondary N) is 1. The normalized spacial score (nSPS) is 17.2. The van der Waals surface area contributed by atoms with Gasteiger partial charge in [0.2, 0.25) is 0 Å². The Labute approximate surface area is 135 Å². The molecule has 1 amide bonds. The van der Waals surface area contributed by atoms with Crippen LogP contribution in [0.5, 0.6) is 0 Å². The molecule has 0 saturated heterocycles. The number of carbonyl (C=O) groups excluding carboxylic acids is 1. The molecule has 0 aromatic carbocycles. The molecule has 1 aromatic heterocycles. The molecule has 0 aliphatic heterocycles. The van der Waals surface area contributed by atoms with E-state index in [9.17, 15) is 14.7 Å². The van der Waals surface area contributed by atoms with E-state index in [0.29, 0.717) is 5.82 Å². The highest BCUT2D eigenvalue weighted by Gasteiger charge is 2.52. The lowest BCUT2D eigenvalue weighted by Crippen LogP contribution is -2.47. The fourth-order valence-corrected chi connectivity index (χ4v) is 2.56. The standard InChI is InChI=1S/C16H23N3O4/c1-15(2,3)23-14(22)19-10-16(13(20)21,11-5-6-11)9-12-17-7-4-8-18-12/h4,7-8,11H,5-6,9-10H2,1-3H3,(H,19,22)(H,20,21). The summed E-state index contributed by atoms with van der Waals surface area (Å²) in [6.45, 7) is 5.28. The number of amides is 1. The Bertz CT molecular complexity index is 566. The fraction of sp³-hybridized carbons (Fsp3) is 0.625. The SMILES string of the molecule is CC(C)(C)OC(=O)NCC(Cc1ncccn1)(C(=O)O)C1CC1. The third-order valence-electron chi connectivity index (χ3n) is 3.82. The summed E-state index contributed by atoms with van der Waals surface area (Å²) in [5, 5.41) is 12.4. The highest BCUT2D eigenvalue weighted by Crippen LogP contribution is 2.47. The summed E-state index contributed by atoms with van der Waals surface area (Å²) in [6, 6.07) is 1.68. The molecule has 2 N–H and O–H groups in total. The zero-order chi connectivity index (χ0) is 17.1. The minimum atomic E-state index is -1.10. The van der Waals surface area contributed by atoms with Crippen molar-refractivity contribution in [3.8, 4) is 0 Å². The van der Waals surface area contributed by atoms with Gasteiger partial charge in [-0.3, -0.25) is 4.79 Å². The van der Waals surface area contributed by atoms with Crippen molar-refractivity contribution in [2.75, 3.05) is 6.54 Å². The number of aromatic nitrogens is 2. The number of alkyl carbamates (subject to hydrolysis) is 1. The second-order valence-corrected chi connectivity index (χ2v) is 6.93. The van der Waals surface area contributed by atoms with Crippen molar-refractivity contribution in [3.63, 3.8) is 0 Å². The van der Waals surface area contributed by atoms with Crippen LogP contribution in [0.25, 0.3) is 0 Å². The van der Waals surface area contributed by atoms with E-state index in [4.69, 9.17) is 4.74 Å². The van der Waals surface area contributed by atoms with Crippen molar-refractivity contribution >= 4 is 12.1 Å². The summed E-state index contributed by atoms with van der Waals surface area (Å²) >= 11 is 0. The third kappa shape index (κ3) is 4.64. The molecule has 1 fully saturated rings. The zero-order valence-electron chi connectivity index (χ0n) is 13.7. The molecule has 0 bridgehead atoms. The van der Waals surface area contributed by atoms with Gasteiger partial charge in [0, 0.05) is 25.4 Å². The number of nitrogens with zero attached hydrogens (tertiary/aromatic N) is 2. The van der Waals surface area contributed by atoms with Crippen molar-refractivity contribution in [1.82, 2.24) is 15.3 Å². The quantitative estimate of drug-likeness (QED) is 0.831. The molecular weight excluding hydrogens is 298 g/mol. The highest BCUT2D eigenvalue weighted by atomic mass is 16.6. The molecule has 126 valence electrons. The Morgan fingerprint density at radius 3 is 2.39 bits per heavy atom. The van der Waals surface area contributed by atoms with Crippen molar-refractivity contribution < 1.29 is 19.4 Å². The largest absolute Gasteiger partial charge is 0.481 e. The van der Waals surface area contributed by atoms with Gasteiger partial charge in [-0.25, -0.2) is 14.8 Å². The minimum absolute atomic E-state index is 0.000166. The molecule has 1 aliphatic rings. The van der Waals surface area contributed by atoms with Crippen LogP contribution in [0.1, 0.15) is 39.4 Å². The van der Waals surface area contributed by atoms with Crippen LogP contribution in [-0.2, 0) is 16.0 Å². The third-order valence-corrected chi connectivity index (χ3v) is 3.82. The Morgan fingerprint density at radius 2 is 1.91 bits per heavy atom. The second kappa shape index (κ2) is 6.52. The van der Waals surface area contributed by atoms with Gasteiger partial charge in [0.05, 0.1) is 5.41 Å². The van der Waals surface area contributed by atoms with E-state index in [-0.39, 0.29) is 18.9 Å². The molecule has 1 aromatic rings. The van der Waals surface area contributed by atoms with Gasteiger partial charge in [-0.15, -0.1) is 0 Å². The molecule has 0 spiro atoms. The molecule has 23 heavy (non-hydrogen) atoms. The first-order valence-corrected chi connectivity index (χ1v) is 7.69. The summed E-state index contributed by atoms with van der Waals surface area (Å²) in [5.41, 5.74) is -1.73. The average Bonchev–Trinajstić information content (AvgIpc) is 3.27. The van der Waals surface area contributed by atoms with E-state index < -0.39 is 23.1 Å². The molecule has 7 heteroatoms. The van der Waals surface area contributed by atoms with Gasteiger partial charge in [-0.2, -0.15) is 0 Å². The topological polar surface area (TPSA) is 101 Å². The summed E-state index contributed by atoms with van der Waals surface area (Å²) < 4.78 is 5.19. The molecule has 1 saturated carbocycles. The lowest BCUT2D eigenvalue weighted by molar-refractivity contribution is -0.150. The van der Waals surface area contributed by atoms with Crippen LogP contribution in [0.2, 0.25) is 0 Å². The maximum absolute atomic E-state index is 12.0. The second-order valence-electron chi connectivity index (χ2n) is 6.93. The average molecular weight is 321 g/mol. The fourth-order valence-electron chi connectivity index (χ4n) is 2.56. The van der Waals surface area contributed by atoms with Crippen LogP contribution >= 0.6 is 0 Å². The maximum Gasteiger partial charge on any atom is 0.407 e. The van der Waals surface area contributed by atoms with Crippen molar-refractivity contribution in [3.05, 3.63) is 24.3 Å². The number of hydrogen-bond acceptors (Lipinski definition) is 5. The number of carbonyl (C=O) groups is 2. The predicted molar refractivity (Wildman–Crippen MR) is 82.8 cm³/mol. The minimum Gasteiger partial charge on any atom is -0.481 e. The van der Waals surface area contributed by atoms with E-state index in [1.807, 2.05) is 0 Å². The molecule has 1 heterocycles.